The van der Waals surface area contributed by atoms with Crippen LogP contribution >= 0.6 is 23.4 Å². The fraction of sp³-hybridized carbons (Fsp3) is 0.385. The number of rotatable bonds is 3. The average molecular weight is 312 g/mol. The first-order chi connectivity index (χ1) is 9.72. The van der Waals surface area contributed by atoms with Crippen LogP contribution in [0.15, 0.2) is 23.4 Å². The second-order valence-electron chi connectivity index (χ2n) is 4.49. The van der Waals surface area contributed by atoms with Crippen molar-refractivity contribution in [1.29, 1.82) is 0 Å². The van der Waals surface area contributed by atoms with Gasteiger partial charge in [-0.1, -0.05) is 23.4 Å². The molecule has 1 aliphatic rings. The number of fused-ring (bicyclic) bond motifs is 1. The van der Waals surface area contributed by atoms with Crippen molar-refractivity contribution in [3.05, 3.63) is 23.2 Å². The average Bonchev–Trinajstić information content (AvgIpc) is 2.87. The van der Waals surface area contributed by atoms with E-state index < -0.39 is 0 Å². The lowest BCUT2D eigenvalue weighted by Gasteiger charge is -2.26. The molecule has 2 heterocycles. The van der Waals surface area contributed by atoms with E-state index in [0.717, 1.165) is 16.2 Å². The van der Waals surface area contributed by atoms with E-state index >= 15 is 0 Å². The van der Waals surface area contributed by atoms with Crippen LogP contribution in [0.4, 0.5) is 0 Å². The number of carbonyl (C=O) groups excluding carboxylic acids is 1. The van der Waals surface area contributed by atoms with Gasteiger partial charge in [-0.25, -0.2) is 4.98 Å². The zero-order valence-electron chi connectivity index (χ0n) is 10.8. The Bertz CT molecular complexity index is 625. The summed E-state index contributed by atoms with van der Waals surface area (Å²) in [6.07, 6.45) is 0. The molecule has 0 saturated carbocycles. The molecule has 1 fully saturated rings. The molecule has 1 amide bonds. The second kappa shape index (κ2) is 6.03. The highest BCUT2D eigenvalue weighted by molar-refractivity contribution is 7.99. The summed E-state index contributed by atoms with van der Waals surface area (Å²) >= 11 is 7.34. The van der Waals surface area contributed by atoms with Gasteiger partial charge in [0.15, 0.2) is 5.16 Å². The number of imidazole rings is 1. The Labute approximate surface area is 125 Å². The van der Waals surface area contributed by atoms with E-state index in [2.05, 4.69) is 9.97 Å². The standard InChI is InChI=1S/C13H14ClN3O2S/c14-9-1-2-10-11(7-9)16-13(15-10)20-8-12(18)17-3-5-19-6-4-17/h1-2,7H,3-6,8H2,(H,15,16). The number of nitrogens with one attached hydrogen (secondary N) is 1. The van der Waals surface area contributed by atoms with Gasteiger partial charge in [0.25, 0.3) is 0 Å². The van der Waals surface area contributed by atoms with E-state index in [0.29, 0.717) is 37.1 Å². The molecule has 3 rings (SSSR count). The van der Waals surface area contributed by atoms with Crippen molar-refractivity contribution in [2.24, 2.45) is 0 Å². The third-order valence-corrected chi connectivity index (χ3v) is 4.21. The minimum Gasteiger partial charge on any atom is -0.378 e. The van der Waals surface area contributed by atoms with Gasteiger partial charge in [-0.2, -0.15) is 0 Å². The molecule has 1 aromatic carbocycles. The highest BCUT2D eigenvalue weighted by atomic mass is 35.5. The minimum absolute atomic E-state index is 0.122. The molecule has 20 heavy (non-hydrogen) atoms. The molecular formula is C13H14ClN3O2S. The largest absolute Gasteiger partial charge is 0.378 e. The summed E-state index contributed by atoms with van der Waals surface area (Å²) in [6.45, 7) is 2.60. The first-order valence-electron chi connectivity index (χ1n) is 6.36. The molecular weight excluding hydrogens is 298 g/mol. The Kier molecular flexibility index (Phi) is 4.14. The van der Waals surface area contributed by atoms with E-state index in [9.17, 15) is 4.79 Å². The number of thioether (sulfide) groups is 1. The number of aromatic amines is 1. The fourth-order valence-electron chi connectivity index (χ4n) is 2.06. The molecule has 1 aliphatic heterocycles. The van der Waals surface area contributed by atoms with Crippen LogP contribution in [-0.4, -0.2) is 52.8 Å². The van der Waals surface area contributed by atoms with Gasteiger partial charge in [-0.15, -0.1) is 0 Å². The molecule has 106 valence electrons. The molecule has 1 N–H and O–H groups in total. The normalized spacial score (nSPS) is 15.8. The maximum atomic E-state index is 12.0. The SMILES string of the molecule is O=C(CSc1nc2ccc(Cl)cc2[nH]1)N1CCOCC1. The Morgan fingerprint density at radius 1 is 1.45 bits per heavy atom. The maximum Gasteiger partial charge on any atom is 0.233 e. The van der Waals surface area contributed by atoms with Gasteiger partial charge in [0.05, 0.1) is 30.0 Å². The second-order valence-corrected chi connectivity index (χ2v) is 5.89. The summed E-state index contributed by atoms with van der Waals surface area (Å²) in [7, 11) is 0. The lowest BCUT2D eigenvalue weighted by atomic mass is 10.3. The predicted octanol–water partition coefficient (Wildman–Crippen LogP) is 2.17. The lowest BCUT2D eigenvalue weighted by molar-refractivity contribution is -0.132. The van der Waals surface area contributed by atoms with Crippen molar-refractivity contribution in [3.63, 3.8) is 0 Å². The third kappa shape index (κ3) is 3.08. The summed E-state index contributed by atoms with van der Waals surface area (Å²) in [5.41, 5.74) is 1.74. The summed E-state index contributed by atoms with van der Waals surface area (Å²) in [4.78, 5) is 21.4. The molecule has 1 saturated heterocycles. The van der Waals surface area contributed by atoms with Crippen LogP contribution in [0, 0.1) is 0 Å². The van der Waals surface area contributed by atoms with Gasteiger partial charge in [0.1, 0.15) is 0 Å². The fourth-order valence-corrected chi connectivity index (χ4v) is 3.02. The lowest BCUT2D eigenvalue weighted by Crippen LogP contribution is -2.41. The van der Waals surface area contributed by atoms with Gasteiger partial charge in [-0.05, 0) is 18.2 Å². The van der Waals surface area contributed by atoms with E-state index in [1.54, 1.807) is 6.07 Å². The number of carbonyl (C=O) groups is 1. The van der Waals surface area contributed by atoms with Crippen LogP contribution in [0.5, 0.6) is 0 Å². The van der Waals surface area contributed by atoms with Crippen LogP contribution in [-0.2, 0) is 9.53 Å². The van der Waals surface area contributed by atoms with Crippen molar-refractivity contribution in [1.82, 2.24) is 14.9 Å². The molecule has 5 nitrogen and oxygen atoms in total. The van der Waals surface area contributed by atoms with Crippen LogP contribution in [0.2, 0.25) is 5.02 Å². The van der Waals surface area contributed by atoms with E-state index in [1.165, 1.54) is 11.8 Å². The quantitative estimate of drug-likeness (QED) is 0.883. The topological polar surface area (TPSA) is 58.2 Å². The summed E-state index contributed by atoms with van der Waals surface area (Å²) in [5, 5.41) is 1.41. The molecule has 7 heteroatoms. The van der Waals surface area contributed by atoms with Gasteiger partial charge in [-0.3, -0.25) is 4.79 Å². The maximum absolute atomic E-state index is 12.0. The zero-order valence-corrected chi connectivity index (χ0v) is 12.3. The number of ether oxygens (including phenoxy) is 1. The third-order valence-electron chi connectivity index (χ3n) is 3.12. The summed E-state index contributed by atoms with van der Waals surface area (Å²) < 4.78 is 5.23. The molecule has 0 aliphatic carbocycles. The number of hydrogen-bond donors (Lipinski definition) is 1. The van der Waals surface area contributed by atoms with Crippen LogP contribution in [0.25, 0.3) is 11.0 Å². The highest BCUT2D eigenvalue weighted by Crippen LogP contribution is 2.22. The number of H-pyrrole nitrogens is 1. The first-order valence-corrected chi connectivity index (χ1v) is 7.72. The number of amides is 1. The van der Waals surface area contributed by atoms with Crippen molar-refractivity contribution < 1.29 is 9.53 Å². The summed E-state index contributed by atoms with van der Waals surface area (Å²) in [5.74, 6) is 0.505. The molecule has 0 radical (unpaired) electrons. The van der Waals surface area contributed by atoms with E-state index in [4.69, 9.17) is 16.3 Å². The van der Waals surface area contributed by atoms with Crippen LogP contribution < -0.4 is 0 Å². The molecule has 1 aromatic heterocycles. The first kappa shape index (κ1) is 13.7. The van der Waals surface area contributed by atoms with Crippen molar-refractivity contribution >= 4 is 40.3 Å². The summed E-state index contributed by atoms with van der Waals surface area (Å²) in [6, 6.07) is 5.50. The van der Waals surface area contributed by atoms with Gasteiger partial charge < -0.3 is 14.6 Å². The smallest absolute Gasteiger partial charge is 0.233 e. The van der Waals surface area contributed by atoms with Gasteiger partial charge in [0, 0.05) is 18.1 Å². The number of benzene rings is 1. The van der Waals surface area contributed by atoms with Crippen molar-refractivity contribution in [2.45, 2.75) is 5.16 Å². The van der Waals surface area contributed by atoms with Gasteiger partial charge >= 0.3 is 0 Å². The minimum atomic E-state index is 0.122. The van der Waals surface area contributed by atoms with Crippen LogP contribution in [0.3, 0.4) is 0 Å². The monoisotopic (exact) mass is 311 g/mol. The Balaban J connectivity index is 1.63. The molecule has 2 aromatic rings. The Hall–Kier alpha value is -1.24. The number of nitrogens with zero attached hydrogens (tertiary/aromatic N) is 2. The Morgan fingerprint density at radius 2 is 2.25 bits per heavy atom. The van der Waals surface area contributed by atoms with E-state index in [-0.39, 0.29) is 5.91 Å². The van der Waals surface area contributed by atoms with Crippen molar-refractivity contribution in [2.75, 3.05) is 32.1 Å². The number of aromatic nitrogens is 2. The predicted molar refractivity (Wildman–Crippen MR) is 79.2 cm³/mol. The van der Waals surface area contributed by atoms with Crippen LogP contribution in [0.1, 0.15) is 0 Å². The molecule has 0 unspecified atom stereocenters. The highest BCUT2D eigenvalue weighted by Gasteiger charge is 2.17. The molecule has 0 bridgehead atoms. The number of halogens is 1. The molecule has 0 atom stereocenters. The molecule has 0 spiro atoms. The Morgan fingerprint density at radius 3 is 3.05 bits per heavy atom. The van der Waals surface area contributed by atoms with E-state index in [1.807, 2.05) is 17.0 Å². The number of hydrogen-bond acceptors (Lipinski definition) is 4. The van der Waals surface area contributed by atoms with Crippen molar-refractivity contribution in [3.8, 4) is 0 Å². The van der Waals surface area contributed by atoms with Gasteiger partial charge in [0.2, 0.25) is 5.91 Å². The number of morpholine rings is 1. The zero-order chi connectivity index (χ0) is 13.9.